The van der Waals surface area contributed by atoms with E-state index in [1.165, 1.54) is 10.5 Å². The Balaban J connectivity index is 1.85. The van der Waals surface area contributed by atoms with Gasteiger partial charge >= 0.3 is 0 Å². The maximum absolute atomic E-state index is 10.0. The average Bonchev–Trinajstić information content (AvgIpc) is 2.74. The second-order valence-electron chi connectivity index (χ2n) is 4.29. The Bertz CT molecular complexity index is 510. The van der Waals surface area contributed by atoms with Crippen LogP contribution in [-0.4, -0.2) is 21.9 Å². The summed E-state index contributed by atoms with van der Waals surface area (Å²) in [6.45, 7) is 4.08. The largest absolute Gasteiger partial charge is 0.392 e. The van der Waals surface area contributed by atoms with E-state index in [0.717, 1.165) is 10.7 Å². The van der Waals surface area contributed by atoms with Gasteiger partial charge in [-0.25, -0.2) is 4.98 Å². The molecule has 1 aromatic heterocycles. The van der Waals surface area contributed by atoms with Gasteiger partial charge in [0.1, 0.15) is 0 Å². The highest BCUT2D eigenvalue weighted by atomic mass is 32.2. The van der Waals surface area contributed by atoms with Gasteiger partial charge in [-0.3, -0.25) is 0 Å². The number of thiazole rings is 1. The lowest BCUT2D eigenvalue weighted by molar-refractivity contribution is 0.199. The normalized spacial score (nSPS) is 12.6. The minimum absolute atomic E-state index is 0.337. The molecule has 2 nitrogen and oxygen atoms in total. The fraction of sp³-hybridized carbons (Fsp3) is 0.357. The third-order valence-corrected chi connectivity index (χ3v) is 4.78. The van der Waals surface area contributed by atoms with Crippen LogP contribution in [0.25, 0.3) is 0 Å². The predicted octanol–water partition coefficient (Wildman–Crippen LogP) is 3.46. The summed E-state index contributed by atoms with van der Waals surface area (Å²) in [6.07, 6.45) is 0.305. The van der Waals surface area contributed by atoms with E-state index >= 15 is 0 Å². The Labute approximate surface area is 116 Å². The molecule has 2 rings (SSSR count). The SMILES string of the molecule is Cc1nc(CC(O)CSc2ccccc2C)cs1. The molecule has 1 N–H and O–H groups in total. The molecular weight excluding hydrogens is 262 g/mol. The second kappa shape index (κ2) is 6.36. The molecule has 0 spiro atoms. The summed E-state index contributed by atoms with van der Waals surface area (Å²) in [4.78, 5) is 5.61. The summed E-state index contributed by atoms with van der Waals surface area (Å²) in [6, 6.07) is 8.26. The number of nitrogens with zero attached hydrogens (tertiary/aromatic N) is 1. The zero-order chi connectivity index (χ0) is 13.0. The quantitative estimate of drug-likeness (QED) is 0.851. The molecule has 0 aliphatic rings. The topological polar surface area (TPSA) is 33.1 Å². The van der Waals surface area contributed by atoms with Crippen molar-refractivity contribution in [3.63, 3.8) is 0 Å². The predicted molar refractivity (Wildman–Crippen MR) is 78.5 cm³/mol. The Hall–Kier alpha value is -0.840. The van der Waals surface area contributed by atoms with Gasteiger partial charge in [0.2, 0.25) is 0 Å². The highest BCUT2D eigenvalue weighted by molar-refractivity contribution is 7.99. The molecule has 0 amide bonds. The van der Waals surface area contributed by atoms with Crippen molar-refractivity contribution in [3.05, 3.63) is 45.9 Å². The third kappa shape index (κ3) is 3.83. The molecule has 96 valence electrons. The van der Waals surface area contributed by atoms with E-state index in [2.05, 4.69) is 24.0 Å². The fourth-order valence-corrected chi connectivity index (χ4v) is 3.29. The molecule has 4 heteroatoms. The minimum Gasteiger partial charge on any atom is -0.392 e. The molecule has 18 heavy (non-hydrogen) atoms. The van der Waals surface area contributed by atoms with Gasteiger partial charge in [0, 0.05) is 22.4 Å². The molecule has 1 atom stereocenters. The summed E-state index contributed by atoms with van der Waals surface area (Å²) >= 11 is 3.34. The third-order valence-electron chi connectivity index (χ3n) is 2.64. The lowest BCUT2D eigenvalue weighted by Gasteiger charge is -2.10. The molecule has 1 heterocycles. The van der Waals surface area contributed by atoms with Crippen molar-refractivity contribution >= 4 is 23.1 Å². The van der Waals surface area contributed by atoms with Crippen molar-refractivity contribution in [3.8, 4) is 0 Å². The van der Waals surface area contributed by atoms with Crippen LogP contribution in [0.1, 0.15) is 16.3 Å². The molecule has 0 radical (unpaired) electrons. The van der Waals surface area contributed by atoms with E-state index in [0.29, 0.717) is 12.2 Å². The van der Waals surface area contributed by atoms with Crippen LogP contribution >= 0.6 is 23.1 Å². The van der Waals surface area contributed by atoms with Crippen LogP contribution < -0.4 is 0 Å². The van der Waals surface area contributed by atoms with Gasteiger partial charge in [-0.05, 0) is 25.5 Å². The number of aryl methyl sites for hydroxylation is 2. The van der Waals surface area contributed by atoms with E-state index in [-0.39, 0.29) is 6.10 Å². The van der Waals surface area contributed by atoms with Crippen LogP contribution in [-0.2, 0) is 6.42 Å². The zero-order valence-electron chi connectivity index (χ0n) is 10.6. The first-order chi connectivity index (χ1) is 8.65. The van der Waals surface area contributed by atoms with Crippen LogP contribution in [0.2, 0.25) is 0 Å². The molecule has 0 saturated carbocycles. The number of aliphatic hydroxyl groups excluding tert-OH is 1. The summed E-state index contributed by atoms with van der Waals surface area (Å²) in [7, 11) is 0. The van der Waals surface area contributed by atoms with Crippen molar-refractivity contribution in [2.24, 2.45) is 0 Å². The number of thioether (sulfide) groups is 1. The maximum atomic E-state index is 10.0. The van der Waals surface area contributed by atoms with Crippen molar-refractivity contribution < 1.29 is 5.11 Å². The average molecular weight is 279 g/mol. The zero-order valence-corrected chi connectivity index (χ0v) is 12.2. The highest BCUT2D eigenvalue weighted by Gasteiger charge is 2.09. The van der Waals surface area contributed by atoms with Crippen molar-refractivity contribution in [2.45, 2.75) is 31.3 Å². The highest BCUT2D eigenvalue weighted by Crippen LogP contribution is 2.23. The molecular formula is C14H17NOS2. The van der Waals surface area contributed by atoms with Gasteiger partial charge in [0.15, 0.2) is 0 Å². The maximum Gasteiger partial charge on any atom is 0.0897 e. The van der Waals surface area contributed by atoms with Gasteiger partial charge in [0.25, 0.3) is 0 Å². The van der Waals surface area contributed by atoms with Gasteiger partial charge in [-0.15, -0.1) is 23.1 Å². The number of aromatic nitrogens is 1. The van der Waals surface area contributed by atoms with Crippen LogP contribution in [0.15, 0.2) is 34.5 Å². The second-order valence-corrected chi connectivity index (χ2v) is 6.42. The first-order valence-corrected chi connectivity index (χ1v) is 7.79. The number of hydrogen-bond donors (Lipinski definition) is 1. The van der Waals surface area contributed by atoms with Crippen LogP contribution in [0.3, 0.4) is 0 Å². The number of benzene rings is 1. The van der Waals surface area contributed by atoms with E-state index in [1.54, 1.807) is 23.1 Å². The van der Waals surface area contributed by atoms with Gasteiger partial charge in [-0.2, -0.15) is 0 Å². The van der Waals surface area contributed by atoms with Crippen molar-refractivity contribution in [2.75, 3.05) is 5.75 Å². The van der Waals surface area contributed by atoms with E-state index in [9.17, 15) is 5.11 Å². The first kappa shape index (κ1) is 13.6. The smallest absolute Gasteiger partial charge is 0.0897 e. The molecule has 1 unspecified atom stereocenters. The first-order valence-electron chi connectivity index (χ1n) is 5.92. The van der Waals surface area contributed by atoms with Crippen molar-refractivity contribution in [1.82, 2.24) is 4.98 Å². The summed E-state index contributed by atoms with van der Waals surface area (Å²) < 4.78 is 0. The molecule has 0 aliphatic carbocycles. The Morgan fingerprint density at radius 1 is 1.33 bits per heavy atom. The number of rotatable bonds is 5. The van der Waals surface area contributed by atoms with Crippen LogP contribution in [0, 0.1) is 13.8 Å². The van der Waals surface area contributed by atoms with E-state index < -0.39 is 0 Å². The Kier molecular flexibility index (Phi) is 4.80. The molecule has 0 fully saturated rings. The van der Waals surface area contributed by atoms with Gasteiger partial charge in [0.05, 0.1) is 16.8 Å². The standard InChI is InChI=1S/C14H17NOS2/c1-10-5-3-4-6-14(10)18-9-13(16)7-12-8-17-11(2)15-12/h3-6,8,13,16H,7,9H2,1-2H3. The van der Waals surface area contributed by atoms with Gasteiger partial charge in [-0.1, -0.05) is 18.2 Å². The molecule has 2 aromatic rings. The van der Waals surface area contributed by atoms with Crippen molar-refractivity contribution in [1.29, 1.82) is 0 Å². The lowest BCUT2D eigenvalue weighted by atomic mass is 10.2. The fourth-order valence-electron chi connectivity index (χ4n) is 1.71. The van der Waals surface area contributed by atoms with E-state index in [1.807, 2.05) is 24.4 Å². The Morgan fingerprint density at radius 2 is 2.11 bits per heavy atom. The van der Waals surface area contributed by atoms with Crippen LogP contribution in [0.4, 0.5) is 0 Å². The Morgan fingerprint density at radius 3 is 2.78 bits per heavy atom. The number of aliphatic hydroxyl groups is 1. The summed E-state index contributed by atoms with van der Waals surface area (Å²) in [5, 5.41) is 13.1. The summed E-state index contributed by atoms with van der Waals surface area (Å²) in [5.74, 6) is 0.710. The molecule has 1 aromatic carbocycles. The minimum atomic E-state index is -0.337. The molecule has 0 bridgehead atoms. The monoisotopic (exact) mass is 279 g/mol. The summed E-state index contributed by atoms with van der Waals surface area (Å²) in [5.41, 5.74) is 2.26. The number of hydrogen-bond acceptors (Lipinski definition) is 4. The molecule has 0 aliphatic heterocycles. The lowest BCUT2D eigenvalue weighted by Crippen LogP contribution is -2.13. The molecule has 0 saturated heterocycles. The van der Waals surface area contributed by atoms with E-state index in [4.69, 9.17) is 0 Å². The van der Waals surface area contributed by atoms with Crippen LogP contribution in [0.5, 0.6) is 0 Å². The van der Waals surface area contributed by atoms with Gasteiger partial charge < -0.3 is 5.11 Å².